The summed E-state index contributed by atoms with van der Waals surface area (Å²) in [5, 5.41) is 1.27. The molecule has 5 heteroatoms. The smallest absolute Gasteiger partial charge is 0.270 e. The van der Waals surface area contributed by atoms with Gasteiger partial charge in [-0.3, -0.25) is 4.84 Å². The van der Waals surface area contributed by atoms with E-state index in [4.69, 9.17) is 16.4 Å². The van der Waals surface area contributed by atoms with Crippen molar-refractivity contribution in [1.82, 2.24) is 0 Å². The molecule has 0 aliphatic carbocycles. The fourth-order valence-corrected chi connectivity index (χ4v) is 2.43. The molecule has 2 rings (SSSR count). The van der Waals surface area contributed by atoms with Crippen molar-refractivity contribution in [2.24, 2.45) is 0 Å². The van der Waals surface area contributed by atoms with Crippen LogP contribution in [0.4, 0.5) is 4.39 Å². The zero-order valence-corrected chi connectivity index (χ0v) is 10.1. The van der Waals surface area contributed by atoms with E-state index >= 15 is 0 Å². The summed E-state index contributed by atoms with van der Waals surface area (Å²) in [4.78, 5) is 5.06. The van der Waals surface area contributed by atoms with Crippen LogP contribution < -0.4 is 9.57 Å². The van der Waals surface area contributed by atoms with Crippen LogP contribution >= 0.6 is 27.5 Å². The summed E-state index contributed by atoms with van der Waals surface area (Å²) in [5.74, 6) is -0.345. The van der Waals surface area contributed by atoms with E-state index in [2.05, 4.69) is 15.9 Å². The van der Waals surface area contributed by atoms with Crippen molar-refractivity contribution in [2.45, 2.75) is 0 Å². The quantitative estimate of drug-likeness (QED) is 0.736. The summed E-state index contributed by atoms with van der Waals surface area (Å²) in [7, 11) is 1.51. The number of halogens is 3. The van der Waals surface area contributed by atoms with Crippen molar-refractivity contribution in [3.8, 4) is 0 Å². The van der Waals surface area contributed by atoms with Crippen molar-refractivity contribution < 1.29 is 14.0 Å². The van der Waals surface area contributed by atoms with Gasteiger partial charge < -0.3 is 0 Å². The van der Waals surface area contributed by atoms with Crippen LogP contribution in [0.1, 0.15) is 0 Å². The lowest BCUT2D eigenvalue weighted by molar-refractivity contribution is -0.865. The van der Waals surface area contributed by atoms with Crippen LogP contribution in [0.5, 0.6) is 0 Å². The second kappa shape index (κ2) is 3.94. The molecule has 2 nitrogen and oxygen atoms in total. The Morgan fingerprint density at radius 3 is 2.87 bits per heavy atom. The van der Waals surface area contributed by atoms with Crippen LogP contribution in [-0.4, -0.2) is 7.11 Å². The number of pyridine rings is 1. The summed E-state index contributed by atoms with van der Waals surface area (Å²) in [6.07, 6.45) is 1.64. The van der Waals surface area contributed by atoms with E-state index in [0.29, 0.717) is 15.0 Å². The summed E-state index contributed by atoms with van der Waals surface area (Å²) in [6, 6.07) is 4.43. The molecule has 0 aliphatic heterocycles. The van der Waals surface area contributed by atoms with E-state index in [0.717, 1.165) is 5.39 Å². The predicted octanol–water partition coefficient (Wildman–Crippen LogP) is 2.74. The third-order valence-corrected chi connectivity index (χ3v) is 3.00. The Bertz CT molecular complexity index is 532. The van der Waals surface area contributed by atoms with E-state index in [-0.39, 0.29) is 5.82 Å². The van der Waals surface area contributed by atoms with Gasteiger partial charge in [-0.2, -0.15) is 0 Å². The normalized spacial score (nSPS) is 10.7. The molecule has 0 saturated carbocycles. The number of benzene rings is 1. The SMILES string of the molecule is CO[n+]1ccc(Cl)c2c(Br)cc(F)cc21. The second-order valence-corrected chi connectivity index (χ2v) is 4.22. The number of nitrogens with zero attached hydrogens (tertiary/aromatic N) is 1. The topological polar surface area (TPSA) is 13.1 Å². The van der Waals surface area contributed by atoms with E-state index in [1.807, 2.05) is 0 Å². The largest absolute Gasteiger partial charge is 0.274 e. The van der Waals surface area contributed by atoms with Crippen LogP contribution in [-0.2, 0) is 0 Å². The first kappa shape index (κ1) is 10.6. The van der Waals surface area contributed by atoms with Gasteiger partial charge in [-0.1, -0.05) is 11.6 Å². The van der Waals surface area contributed by atoms with E-state index in [1.54, 1.807) is 12.3 Å². The molecule has 0 fully saturated rings. The molecule has 0 bridgehead atoms. The fraction of sp³-hybridized carbons (Fsp3) is 0.100. The third-order valence-electron chi connectivity index (χ3n) is 2.06. The zero-order valence-electron chi connectivity index (χ0n) is 7.80. The Morgan fingerprint density at radius 1 is 1.47 bits per heavy atom. The first-order chi connectivity index (χ1) is 7.13. The first-order valence-corrected chi connectivity index (χ1v) is 5.34. The van der Waals surface area contributed by atoms with Gasteiger partial charge in [-0.25, -0.2) is 4.39 Å². The molecule has 1 aromatic heterocycles. The molecule has 1 aromatic carbocycles. The van der Waals surface area contributed by atoms with Gasteiger partial charge in [-0.15, -0.1) is 0 Å². The molecule has 0 radical (unpaired) electrons. The molecule has 0 N–H and O–H groups in total. The minimum absolute atomic E-state index is 0.345. The average molecular weight is 292 g/mol. The number of rotatable bonds is 1. The number of hydrogen-bond acceptors (Lipinski definition) is 1. The lowest BCUT2D eigenvalue weighted by Crippen LogP contribution is -2.40. The molecular weight excluding hydrogens is 284 g/mol. The van der Waals surface area contributed by atoms with E-state index in [9.17, 15) is 4.39 Å². The van der Waals surface area contributed by atoms with Gasteiger partial charge in [0.15, 0.2) is 0 Å². The minimum atomic E-state index is -0.345. The Labute approximate surface area is 99.3 Å². The van der Waals surface area contributed by atoms with Gasteiger partial charge in [0.1, 0.15) is 12.9 Å². The molecule has 2 aromatic rings. The molecule has 0 amide bonds. The highest BCUT2D eigenvalue weighted by molar-refractivity contribution is 9.10. The van der Waals surface area contributed by atoms with Crippen molar-refractivity contribution >= 4 is 38.4 Å². The van der Waals surface area contributed by atoms with Crippen LogP contribution in [0, 0.1) is 5.82 Å². The number of fused-ring (bicyclic) bond motifs is 1. The van der Waals surface area contributed by atoms with Gasteiger partial charge in [0, 0.05) is 15.3 Å². The molecule has 0 unspecified atom stereocenters. The summed E-state index contributed by atoms with van der Waals surface area (Å²) >= 11 is 9.29. The lowest BCUT2D eigenvalue weighted by Gasteiger charge is -2.01. The highest BCUT2D eigenvalue weighted by Gasteiger charge is 2.16. The molecule has 0 aliphatic rings. The highest BCUT2D eigenvalue weighted by atomic mass is 79.9. The lowest BCUT2D eigenvalue weighted by atomic mass is 10.2. The van der Waals surface area contributed by atoms with E-state index < -0.39 is 0 Å². The van der Waals surface area contributed by atoms with Crippen LogP contribution in [0.15, 0.2) is 28.9 Å². The van der Waals surface area contributed by atoms with Gasteiger partial charge in [0.05, 0.1) is 16.5 Å². The Balaban J connectivity index is 2.93. The van der Waals surface area contributed by atoms with Crippen molar-refractivity contribution in [3.05, 3.63) is 39.7 Å². The Morgan fingerprint density at radius 2 is 2.20 bits per heavy atom. The first-order valence-electron chi connectivity index (χ1n) is 4.17. The molecule has 0 atom stereocenters. The molecule has 0 saturated heterocycles. The summed E-state index contributed by atoms with van der Waals surface area (Å²) < 4.78 is 15.3. The van der Waals surface area contributed by atoms with Crippen LogP contribution in [0.25, 0.3) is 10.9 Å². The molecule has 78 valence electrons. The fourth-order valence-electron chi connectivity index (χ4n) is 1.43. The summed E-state index contributed by atoms with van der Waals surface area (Å²) in [5.41, 5.74) is 0.580. The van der Waals surface area contributed by atoms with Crippen molar-refractivity contribution in [1.29, 1.82) is 0 Å². The monoisotopic (exact) mass is 290 g/mol. The maximum Gasteiger partial charge on any atom is 0.270 e. The van der Waals surface area contributed by atoms with Gasteiger partial charge in [0.25, 0.3) is 5.52 Å². The Hall–Kier alpha value is -0.870. The molecular formula is C10H7BrClFNO+. The average Bonchev–Trinajstić information content (AvgIpc) is 2.17. The maximum absolute atomic E-state index is 13.2. The second-order valence-electron chi connectivity index (χ2n) is 2.95. The van der Waals surface area contributed by atoms with Crippen molar-refractivity contribution in [3.63, 3.8) is 0 Å². The molecule has 15 heavy (non-hydrogen) atoms. The third kappa shape index (κ3) is 1.79. The van der Waals surface area contributed by atoms with Gasteiger partial charge in [0.2, 0.25) is 6.20 Å². The standard InChI is InChI=1S/C10H7BrClFNO/c1-15-14-3-2-8(12)10-7(11)4-6(13)5-9(10)14/h2-5H,1H3/q+1. The van der Waals surface area contributed by atoms with Crippen LogP contribution in [0.2, 0.25) is 5.02 Å². The molecule has 0 spiro atoms. The number of hydrogen-bond donors (Lipinski definition) is 0. The maximum atomic E-state index is 13.2. The van der Waals surface area contributed by atoms with Gasteiger partial charge >= 0.3 is 0 Å². The summed E-state index contributed by atoms with van der Waals surface area (Å²) in [6.45, 7) is 0. The minimum Gasteiger partial charge on any atom is -0.274 e. The number of aromatic nitrogens is 1. The Kier molecular flexibility index (Phi) is 2.80. The van der Waals surface area contributed by atoms with Gasteiger partial charge in [-0.05, 0) is 22.0 Å². The van der Waals surface area contributed by atoms with E-state index in [1.165, 1.54) is 24.0 Å². The van der Waals surface area contributed by atoms with Crippen LogP contribution in [0.3, 0.4) is 0 Å². The highest BCUT2D eigenvalue weighted by Crippen LogP contribution is 2.29. The van der Waals surface area contributed by atoms with Crippen molar-refractivity contribution in [2.75, 3.05) is 7.11 Å². The zero-order chi connectivity index (χ0) is 11.0. The predicted molar refractivity (Wildman–Crippen MR) is 59.3 cm³/mol. The molecule has 1 heterocycles.